The van der Waals surface area contributed by atoms with Crippen molar-refractivity contribution in [1.82, 2.24) is 20.9 Å². The molecule has 7 nitrogen and oxygen atoms in total. The number of rotatable bonds is 3. The molecule has 4 N–H and O–H groups in total. The summed E-state index contributed by atoms with van der Waals surface area (Å²) in [6.45, 7) is 0.357. The normalized spacial score (nSPS) is 16.8. The lowest BCUT2D eigenvalue weighted by Crippen LogP contribution is -2.42. The minimum atomic E-state index is 0.357. The lowest BCUT2D eigenvalue weighted by molar-refractivity contribution is 0.410. The fourth-order valence-corrected chi connectivity index (χ4v) is 0.966. The second-order valence-electron chi connectivity index (χ2n) is 3.08. The van der Waals surface area contributed by atoms with Gasteiger partial charge in [0.05, 0.1) is 0 Å². The van der Waals surface area contributed by atoms with E-state index in [0.29, 0.717) is 24.4 Å². The molecule has 1 aromatic rings. The van der Waals surface area contributed by atoms with E-state index in [1.54, 1.807) is 0 Å². The monoisotopic (exact) mass is 196 g/mol. The molecule has 0 radical (unpaired) electrons. The van der Waals surface area contributed by atoms with Crippen LogP contribution in [0.2, 0.25) is 0 Å². The van der Waals surface area contributed by atoms with E-state index in [-0.39, 0.29) is 0 Å². The molecule has 76 valence electrons. The SMILES string of the molecule is NNC(=NCc1ncon1)NC1CC1. The zero-order chi connectivity index (χ0) is 9.80. The quantitative estimate of drug-likeness (QED) is 0.252. The number of hydrazine groups is 1. The first-order chi connectivity index (χ1) is 6.88. The Morgan fingerprint density at radius 3 is 3.14 bits per heavy atom. The van der Waals surface area contributed by atoms with Crippen molar-refractivity contribution < 1.29 is 4.52 Å². The van der Waals surface area contributed by atoms with Crippen molar-refractivity contribution in [3.8, 4) is 0 Å². The predicted molar refractivity (Wildman–Crippen MR) is 48.9 cm³/mol. The summed E-state index contributed by atoms with van der Waals surface area (Å²) in [4.78, 5) is 7.99. The molecule has 0 bridgehead atoms. The summed E-state index contributed by atoms with van der Waals surface area (Å²) in [5.41, 5.74) is 2.49. The van der Waals surface area contributed by atoms with Crippen LogP contribution in [0.1, 0.15) is 18.7 Å². The van der Waals surface area contributed by atoms with Crippen LogP contribution in [0, 0.1) is 0 Å². The van der Waals surface area contributed by atoms with Crippen LogP contribution >= 0.6 is 0 Å². The van der Waals surface area contributed by atoms with Gasteiger partial charge in [-0.3, -0.25) is 5.43 Å². The van der Waals surface area contributed by atoms with Gasteiger partial charge in [-0.2, -0.15) is 4.98 Å². The third-order valence-electron chi connectivity index (χ3n) is 1.84. The number of guanidine groups is 1. The summed E-state index contributed by atoms with van der Waals surface area (Å²) in [7, 11) is 0. The molecule has 0 unspecified atom stereocenters. The van der Waals surface area contributed by atoms with Gasteiger partial charge in [-0.1, -0.05) is 5.16 Å². The minimum absolute atomic E-state index is 0.357. The van der Waals surface area contributed by atoms with Crippen LogP contribution in [-0.4, -0.2) is 22.1 Å². The standard InChI is InChI=1S/C7H12N6O/c8-12-7(11-5-1-2-5)9-3-6-10-4-14-13-6/h4-5H,1-3,8H2,(H2,9,11,12). The highest BCUT2D eigenvalue weighted by atomic mass is 16.5. The van der Waals surface area contributed by atoms with Gasteiger partial charge in [0.2, 0.25) is 12.4 Å². The first kappa shape index (κ1) is 8.95. The molecule has 0 spiro atoms. The maximum Gasteiger partial charge on any atom is 0.213 e. The Balaban J connectivity index is 1.86. The van der Waals surface area contributed by atoms with Crippen LogP contribution in [-0.2, 0) is 6.54 Å². The molecule has 7 heteroatoms. The third-order valence-corrected chi connectivity index (χ3v) is 1.84. The minimum Gasteiger partial charge on any atom is -0.353 e. The molecule has 0 amide bonds. The largest absolute Gasteiger partial charge is 0.353 e. The number of nitrogens with zero attached hydrogens (tertiary/aromatic N) is 3. The smallest absolute Gasteiger partial charge is 0.213 e. The van der Waals surface area contributed by atoms with E-state index in [9.17, 15) is 0 Å². The Bertz CT molecular complexity index is 304. The average molecular weight is 196 g/mol. The van der Waals surface area contributed by atoms with Crippen molar-refractivity contribution >= 4 is 5.96 Å². The molecule has 1 aliphatic carbocycles. The molecule has 0 aromatic carbocycles. The van der Waals surface area contributed by atoms with E-state index in [2.05, 4.69) is 30.4 Å². The molecule has 1 fully saturated rings. The van der Waals surface area contributed by atoms with Crippen molar-refractivity contribution in [2.45, 2.75) is 25.4 Å². The van der Waals surface area contributed by atoms with E-state index in [1.165, 1.54) is 19.2 Å². The number of hydrogen-bond acceptors (Lipinski definition) is 5. The Morgan fingerprint density at radius 1 is 1.71 bits per heavy atom. The molecular weight excluding hydrogens is 184 g/mol. The Hall–Kier alpha value is -1.63. The number of nitrogens with two attached hydrogens (primary N) is 1. The number of nitrogens with one attached hydrogen (secondary N) is 2. The molecule has 1 saturated carbocycles. The highest BCUT2D eigenvalue weighted by Gasteiger charge is 2.21. The Labute approximate surface area is 80.7 Å². The van der Waals surface area contributed by atoms with Crippen molar-refractivity contribution in [2.24, 2.45) is 10.8 Å². The van der Waals surface area contributed by atoms with Crippen molar-refractivity contribution in [2.75, 3.05) is 0 Å². The molecule has 1 aromatic heterocycles. The van der Waals surface area contributed by atoms with Crippen molar-refractivity contribution in [1.29, 1.82) is 0 Å². The van der Waals surface area contributed by atoms with E-state index in [0.717, 1.165) is 0 Å². The zero-order valence-electron chi connectivity index (χ0n) is 7.60. The van der Waals surface area contributed by atoms with Gasteiger partial charge in [-0.15, -0.1) is 0 Å². The van der Waals surface area contributed by atoms with E-state index < -0.39 is 0 Å². The fraction of sp³-hybridized carbons (Fsp3) is 0.571. The lowest BCUT2D eigenvalue weighted by atomic mass is 10.6. The van der Waals surface area contributed by atoms with Gasteiger partial charge in [0, 0.05) is 6.04 Å². The zero-order valence-corrected chi connectivity index (χ0v) is 7.60. The van der Waals surface area contributed by atoms with Crippen LogP contribution in [0.15, 0.2) is 15.9 Å². The topological polar surface area (TPSA) is 101 Å². The van der Waals surface area contributed by atoms with E-state index >= 15 is 0 Å². The molecule has 0 saturated heterocycles. The summed E-state index contributed by atoms with van der Waals surface area (Å²) in [5.74, 6) is 6.39. The summed E-state index contributed by atoms with van der Waals surface area (Å²) in [5, 5.41) is 6.76. The number of aromatic nitrogens is 2. The first-order valence-corrected chi connectivity index (χ1v) is 4.41. The van der Waals surface area contributed by atoms with Crippen LogP contribution < -0.4 is 16.6 Å². The number of hydrogen-bond donors (Lipinski definition) is 3. The predicted octanol–water partition coefficient (Wildman–Crippen LogP) is -0.859. The summed E-state index contributed by atoms with van der Waals surface area (Å²) < 4.78 is 4.57. The molecule has 0 aliphatic heterocycles. The summed E-state index contributed by atoms with van der Waals surface area (Å²) in [6, 6.07) is 0.509. The van der Waals surface area contributed by atoms with Crippen LogP contribution in [0.5, 0.6) is 0 Å². The Kier molecular flexibility index (Phi) is 2.59. The van der Waals surface area contributed by atoms with Gasteiger partial charge in [0.25, 0.3) is 0 Å². The molecule has 2 rings (SSSR count). The highest BCUT2D eigenvalue weighted by molar-refractivity contribution is 5.79. The molecule has 1 aliphatic rings. The molecular formula is C7H12N6O. The van der Waals surface area contributed by atoms with Crippen molar-refractivity contribution in [3.05, 3.63) is 12.2 Å². The fourth-order valence-electron chi connectivity index (χ4n) is 0.966. The molecule has 14 heavy (non-hydrogen) atoms. The second kappa shape index (κ2) is 4.05. The maximum atomic E-state index is 5.28. The first-order valence-electron chi connectivity index (χ1n) is 4.41. The number of aliphatic imine (C=N–C) groups is 1. The average Bonchev–Trinajstić information content (AvgIpc) is 2.86. The van der Waals surface area contributed by atoms with E-state index in [4.69, 9.17) is 5.84 Å². The van der Waals surface area contributed by atoms with Gasteiger partial charge in [-0.25, -0.2) is 10.8 Å². The van der Waals surface area contributed by atoms with Gasteiger partial charge < -0.3 is 9.84 Å². The van der Waals surface area contributed by atoms with Gasteiger partial charge in [-0.05, 0) is 12.8 Å². The summed E-state index contributed by atoms with van der Waals surface area (Å²) in [6.07, 6.45) is 3.61. The van der Waals surface area contributed by atoms with Crippen LogP contribution in [0.25, 0.3) is 0 Å². The van der Waals surface area contributed by atoms with Crippen LogP contribution in [0.4, 0.5) is 0 Å². The van der Waals surface area contributed by atoms with Gasteiger partial charge in [0.15, 0.2) is 5.82 Å². The van der Waals surface area contributed by atoms with Gasteiger partial charge >= 0.3 is 0 Å². The van der Waals surface area contributed by atoms with E-state index in [1.807, 2.05) is 0 Å². The van der Waals surface area contributed by atoms with Gasteiger partial charge in [0.1, 0.15) is 6.54 Å². The Morgan fingerprint density at radius 2 is 2.57 bits per heavy atom. The third kappa shape index (κ3) is 2.43. The van der Waals surface area contributed by atoms with Crippen molar-refractivity contribution in [3.63, 3.8) is 0 Å². The maximum absolute atomic E-state index is 5.28. The molecule has 1 heterocycles. The molecule has 0 atom stereocenters. The highest BCUT2D eigenvalue weighted by Crippen LogP contribution is 2.18. The summed E-state index contributed by atoms with van der Waals surface area (Å²) >= 11 is 0. The second-order valence-corrected chi connectivity index (χ2v) is 3.08. The van der Waals surface area contributed by atoms with Crippen LogP contribution in [0.3, 0.4) is 0 Å². The lowest BCUT2D eigenvalue weighted by Gasteiger charge is -2.06.